The van der Waals surface area contributed by atoms with Gasteiger partial charge in [0.1, 0.15) is 0 Å². The SMILES string of the molecule is CCN(CC)CCN(Cc1cc2ccc(C)cc2[nH]c1=O)C(=S)NCCc1ccc(OC)c(OC)c1. The predicted molar refractivity (Wildman–Crippen MR) is 151 cm³/mol. The van der Waals surface area contributed by atoms with Crippen molar-refractivity contribution in [2.45, 2.75) is 33.7 Å². The number of nitrogens with one attached hydrogen (secondary N) is 2. The van der Waals surface area contributed by atoms with Crippen LogP contribution in [0.25, 0.3) is 10.9 Å². The van der Waals surface area contributed by atoms with Gasteiger partial charge in [0.2, 0.25) is 0 Å². The molecule has 0 radical (unpaired) electrons. The van der Waals surface area contributed by atoms with E-state index in [0.717, 1.165) is 54.6 Å². The van der Waals surface area contributed by atoms with E-state index >= 15 is 0 Å². The van der Waals surface area contributed by atoms with E-state index in [0.29, 0.717) is 35.3 Å². The van der Waals surface area contributed by atoms with Crippen molar-refractivity contribution in [1.82, 2.24) is 20.1 Å². The number of aryl methyl sites for hydroxylation is 1. The maximum Gasteiger partial charge on any atom is 0.253 e. The molecule has 0 fully saturated rings. The fraction of sp³-hybridized carbons (Fsp3) is 0.429. The second-order valence-corrected chi connectivity index (χ2v) is 9.22. The van der Waals surface area contributed by atoms with Crippen molar-refractivity contribution in [3.63, 3.8) is 0 Å². The molecule has 0 aliphatic carbocycles. The Morgan fingerprint density at radius 3 is 2.44 bits per heavy atom. The Morgan fingerprint density at radius 1 is 1.00 bits per heavy atom. The number of rotatable bonds is 12. The second kappa shape index (κ2) is 13.3. The third-order valence-corrected chi connectivity index (χ3v) is 6.85. The van der Waals surface area contributed by atoms with Gasteiger partial charge >= 0.3 is 0 Å². The van der Waals surface area contributed by atoms with Crippen LogP contribution in [0.2, 0.25) is 0 Å². The van der Waals surface area contributed by atoms with Crippen LogP contribution in [-0.4, -0.2) is 66.8 Å². The quantitative estimate of drug-likeness (QED) is 0.355. The summed E-state index contributed by atoms with van der Waals surface area (Å²) < 4.78 is 10.7. The molecule has 194 valence electrons. The molecule has 3 aromatic rings. The Morgan fingerprint density at radius 2 is 1.75 bits per heavy atom. The van der Waals surface area contributed by atoms with Crippen LogP contribution in [0, 0.1) is 6.92 Å². The molecular weight excluding hydrogens is 472 g/mol. The molecule has 2 N–H and O–H groups in total. The summed E-state index contributed by atoms with van der Waals surface area (Å²) in [5.41, 5.74) is 3.73. The van der Waals surface area contributed by atoms with Crippen LogP contribution < -0.4 is 20.3 Å². The lowest BCUT2D eigenvalue weighted by molar-refractivity contribution is 0.263. The van der Waals surface area contributed by atoms with Gasteiger partial charge in [0.05, 0.1) is 20.8 Å². The number of aromatic nitrogens is 1. The number of hydrogen-bond donors (Lipinski definition) is 2. The second-order valence-electron chi connectivity index (χ2n) is 8.83. The normalized spacial score (nSPS) is 11.1. The van der Waals surface area contributed by atoms with E-state index in [-0.39, 0.29) is 5.56 Å². The van der Waals surface area contributed by atoms with E-state index in [1.54, 1.807) is 14.2 Å². The Bertz CT molecular complexity index is 1220. The molecular formula is C28H38N4O3S. The number of benzene rings is 2. The van der Waals surface area contributed by atoms with E-state index in [2.05, 4.69) is 40.0 Å². The van der Waals surface area contributed by atoms with Gasteiger partial charge in [0, 0.05) is 30.7 Å². The molecule has 8 heteroatoms. The number of ether oxygens (including phenoxy) is 2. The Kier molecular flexibility index (Phi) is 10.1. The lowest BCUT2D eigenvalue weighted by Gasteiger charge is -2.29. The van der Waals surface area contributed by atoms with Gasteiger partial charge in [-0.1, -0.05) is 32.0 Å². The maximum atomic E-state index is 12.9. The number of pyridine rings is 1. The number of H-pyrrole nitrogens is 1. The van der Waals surface area contributed by atoms with Crippen molar-refractivity contribution in [1.29, 1.82) is 0 Å². The number of nitrogens with zero attached hydrogens (tertiary/aromatic N) is 2. The topological polar surface area (TPSA) is 69.8 Å². The van der Waals surface area contributed by atoms with Crippen LogP contribution in [0.5, 0.6) is 11.5 Å². The highest BCUT2D eigenvalue weighted by Gasteiger charge is 2.15. The van der Waals surface area contributed by atoms with Crippen molar-refractivity contribution in [2.24, 2.45) is 0 Å². The van der Waals surface area contributed by atoms with Gasteiger partial charge < -0.3 is 29.6 Å². The number of aromatic amines is 1. The fourth-order valence-electron chi connectivity index (χ4n) is 4.20. The summed E-state index contributed by atoms with van der Waals surface area (Å²) in [6.45, 7) is 11.0. The summed E-state index contributed by atoms with van der Waals surface area (Å²) in [5, 5.41) is 5.06. The van der Waals surface area contributed by atoms with Gasteiger partial charge in [-0.3, -0.25) is 4.79 Å². The van der Waals surface area contributed by atoms with Gasteiger partial charge in [-0.05, 0) is 79.4 Å². The van der Waals surface area contributed by atoms with Crippen molar-refractivity contribution in [3.8, 4) is 11.5 Å². The zero-order chi connectivity index (χ0) is 26.1. The van der Waals surface area contributed by atoms with Gasteiger partial charge in [0.15, 0.2) is 16.6 Å². The highest BCUT2D eigenvalue weighted by atomic mass is 32.1. The van der Waals surface area contributed by atoms with Crippen molar-refractivity contribution in [3.05, 3.63) is 69.5 Å². The monoisotopic (exact) mass is 510 g/mol. The molecule has 2 aromatic carbocycles. The average molecular weight is 511 g/mol. The molecule has 1 aromatic heterocycles. The van der Waals surface area contributed by atoms with E-state index in [4.69, 9.17) is 21.7 Å². The minimum atomic E-state index is -0.0749. The molecule has 0 aliphatic rings. The summed E-state index contributed by atoms with van der Waals surface area (Å²) in [4.78, 5) is 20.4. The summed E-state index contributed by atoms with van der Waals surface area (Å²) in [5.74, 6) is 1.42. The Hall–Kier alpha value is -3.10. The van der Waals surface area contributed by atoms with E-state index in [9.17, 15) is 4.79 Å². The van der Waals surface area contributed by atoms with Gasteiger partial charge in [-0.15, -0.1) is 0 Å². The molecule has 0 saturated heterocycles. The molecule has 0 atom stereocenters. The summed E-state index contributed by atoms with van der Waals surface area (Å²) in [6.07, 6.45) is 0.778. The summed E-state index contributed by atoms with van der Waals surface area (Å²) >= 11 is 5.80. The van der Waals surface area contributed by atoms with Crippen LogP contribution in [0.1, 0.15) is 30.5 Å². The van der Waals surface area contributed by atoms with E-state index in [1.807, 2.05) is 43.3 Å². The number of likely N-dealkylation sites (N-methyl/N-ethyl adjacent to an activating group) is 1. The molecule has 1 heterocycles. The molecule has 0 spiro atoms. The highest BCUT2D eigenvalue weighted by Crippen LogP contribution is 2.27. The maximum absolute atomic E-state index is 12.9. The zero-order valence-corrected chi connectivity index (χ0v) is 22.8. The molecule has 0 amide bonds. The Balaban J connectivity index is 1.72. The fourth-order valence-corrected chi connectivity index (χ4v) is 4.46. The van der Waals surface area contributed by atoms with Crippen LogP contribution in [0.4, 0.5) is 0 Å². The minimum Gasteiger partial charge on any atom is -0.493 e. The minimum absolute atomic E-state index is 0.0749. The first-order valence-corrected chi connectivity index (χ1v) is 12.9. The van der Waals surface area contributed by atoms with Gasteiger partial charge in [-0.25, -0.2) is 0 Å². The smallest absolute Gasteiger partial charge is 0.253 e. The Labute approximate surface area is 219 Å². The summed E-state index contributed by atoms with van der Waals surface area (Å²) in [6, 6.07) is 14.0. The molecule has 3 rings (SSSR count). The first-order valence-electron chi connectivity index (χ1n) is 12.5. The first-order chi connectivity index (χ1) is 17.4. The molecule has 0 saturated carbocycles. The van der Waals surface area contributed by atoms with E-state index in [1.165, 1.54) is 0 Å². The number of hydrogen-bond acceptors (Lipinski definition) is 5. The highest BCUT2D eigenvalue weighted by molar-refractivity contribution is 7.80. The predicted octanol–water partition coefficient (Wildman–Crippen LogP) is 4.11. The van der Waals surface area contributed by atoms with Gasteiger partial charge in [0.25, 0.3) is 5.56 Å². The molecule has 36 heavy (non-hydrogen) atoms. The van der Waals surface area contributed by atoms with Crippen LogP contribution in [0.3, 0.4) is 0 Å². The molecule has 0 bridgehead atoms. The lowest BCUT2D eigenvalue weighted by atomic mass is 10.1. The average Bonchev–Trinajstić information content (AvgIpc) is 2.88. The summed E-state index contributed by atoms with van der Waals surface area (Å²) in [7, 11) is 3.27. The van der Waals surface area contributed by atoms with Crippen molar-refractivity contribution in [2.75, 3.05) is 46.9 Å². The number of fused-ring (bicyclic) bond motifs is 1. The van der Waals surface area contributed by atoms with Crippen molar-refractivity contribution >= 4 is 28.2 Å². The largest absolute Gasteiger partial charge is 0.493 e. The molecule has 0 unspecified atom stereocenters. The van der Waals surface area contributed by atoms with E-state index < -0.39 is 0 Å². The number of methoxy groups -OCH3 is 2. The standard InChI is InChI=1S/C28H38N4O3S/c1-6-31(7-2)14-15-32(19-23-18-22-10-8-20(3)16-24(22)30-27(23)33)28(36)29-13-12-21-9-11-25(34-4)26(17-21)35-5/h8-11,16-18H,6-7,12-15,19H2,1-5H3,(H,29,36)(H,30,33). The van der Waals surface area contributed by atoms with Crippen LogP contribution >= 0.6 is 12.2 Å². The molecule has 7 nitrogen and oxygen atoms in total. The first kappa shape index (κ1) is 27.5. The molecule has 0 aliphatic heterocycles. The third kappa shape index (κ3) is 7.21. The number of thiocarbonyl (C=S) groups is 1. The van der Waals surface area contributed by atoms with Crippen LogP contribution in [0.15, 0.2) is 47.3 Å². The van der Waals surface area contributed by atoms with Gasteiger partial charge in [-0.2, -0.15) is 0 Å². The zero-order valence-electron chi connectivity index (χ0n) is 22.0. The van der Waals surface area contributed by atoms with Crippen LogP contribution in [-0.2, 0) is 13.0 Å². The lowest BCUT2D eigenvalue weighted by Crippen LogP contribution is -2.44. The van der Waals surface area contributed by atoms with Crippen molar-refractivity contribution < 1.29 is 9.47 Å². The third-order valence-electron chi connectivity index (χ3n) is 6.45.